The van der Waals surface area contributed by atoms with Crippen molar-refractivity contribution >= 4 is 44.7 Å². The van der Waals surface area contributed by atoms with Crippen LogP contribution in [0.3, 0.4) is 0 Å². The highest BCUT2D eigenvalue weighted by atomic mass is 32.2. The number of carbonyl (C=O) groups excluding carboxylic acids is 2. The number of nitrogens with two attached hydrogens (primary N) is 2. The number of allylic oxidation sites excluding steroid dienone is 1. The van der Waals surface area contributed by atoms with E-state index in [1.165, 1.54) is 36.9 Å². The average Bonchev–Trinajstić information content (AvgIpc) is 3.76. The molecule has 2 unspecified atom stereocenters. The number of sulfone groups is 1. The molecule has 0 radical (unpaired) electrons. The molecule has 3 atom stereocenters. The minimum Gasteiger partial charge on any atom is -0.401 e. The van der Waals surface area contributed by atoms with Crippen molar-refractivity contribution in [3.8, 4) is 0 Å². The maximum Gasteiger partial charge on any atom is 0.332 e. The lowest BCUT2D eigenvalue weighted by Gasteiger charge is -2.16. The molecular weight excluding hydrogens is 709 g/mol. The molecule has 286 valence electrons. The number of aromatic nitrogens is 4. The largest absolute Gasteiger partial charge is 0.401 e. The number of amides is 3. The first kappa shape index (κ1) is 40.1. The highest BCUT2D eigenvalue weighted by Gasteiger charge is 2.42. The van der Waals surface area contributed by atoms with Gasteiger partial charge in [0.1, 0.15) is 0 Å². The predicted molar refractivity (Wildman–Crippen MR) is 190 cm³/mol. The van der Waals surface area contributed by atoms with Gasteiger partial charge < -0.3 is 45.5 Å². The number of nitrogens with zero attached hydrogens (tertiary/aromatic N) is 5. The van der Waals surface area contributed by atoms with Gasteiger partial charge in [-0.15, -0.1) is 0 Å². The SMILES string of the molecule is Cn1c(=O)c2c(nc(S(=O)(=O)CC/C(N)=C/N(N)CCOCCOCCOCCNC(=O)CCCC[C@@H]3SCC4NC(=O)NC43)n2C)n(C)c1=O. The summed E-state index contributed by atoms with van der Waals surface area (Å²) < 4.78 is 45.8. The Balaban J connectivity index is 0.983. The van der Waals surface area contributed by atoms with Crippen LogP contribution in [0, 0.1) is 0 Å². The second-order valence-electron chi connectivity index (χ2n) is 12.4. The number of hydrazine groups is 1. The van der Waals surface area contributed by atoms with Gasteiger partial charge in [0, 0.05) is 63.4 Å². The number of hydrogen-bond donors (Lipinski definition) is 5. The summed E-state index contributed by atoms with van der Waals surface area (Å²) in [5.41, 5.74) is 4.96. The summed E-state index contributed by atoms with van der Waals surface area (Å²) >= 11 is 1.88. The number of unbranched alkanes of at least 4 members (excludes halogenated alkanes) is 1. The van der Waals surface area contributed by atoms with Crippen LogP contribution in [-0.4, -0.2) is 126 Å². The molecule has 2 aromatic rings. The van der Waals surface area contributed by atoms with Crippen molar-refractivity contribution in [1.82, 2.24) is 39.6 Å². The van der Waals surface area contributed by atoms with Crippen LogP contribution >= 0.6 is 11.8 Å². The van der Waals surface area contributed by atoms with Crippen molar-refractivity contribution in [3.63, 3.8) is 0 Å². The van der Waals surface area contributed by atoms with E-state index in [2.05, 4.69) is 20.9 Å². The lowest BCUT2D eigenvalue weighted by atomic mass is 10.0. The molecule has 2 aliphatic heterocycles. The maximum atomic E-state index is 13.0. The van der Waals surface area contributed by atoms with Crippen molar-refractivity contribution in [2.45, 2.75) is 54.6 Å². The number of rotatable bonds is 22. The number of hydrogen-bond acceptors (Lipinski definition) is 14. The fraction of sp³-hybridized carbons (Fsp3) is 0.700. The van der Waals surface area contributed by atoms with Gasteiger partial charge in [0.2, 0.25) is 20.9 Å². The first-order chi connectivity index (χ1) is 24.3. The first-order valence-corrected chi connectivity index (χ1v) is 19.5. The average molecular weight is 759 g/mol. The van der Waals surface area contributed by atoms with Crippen LogP contribution in [0.2, 0.25) is 0 Å². The molecule has 0 saturated carbocycles. The fourth-order valence-corrected chi connectivity index (χ4v) is 8.76. The molecule has 4 rings (SSSR count). The fourth-order valence-electron chi connectivity index (χ4n) is 5.80. The van der Waals surface area contributed by atoms with Crippen molar-refractivity contribution in [3.05, 3.63) is 32.7 Å². The molecule has 4 heterocycles. The molecule has 2 aromatic heterocycles. The number of carbonyl (C=O) groups is 2. The van der Waals surface area contributed by atoms with Gasteiger partial charge in [-0.05, 0) is 12.8 Å². The van der Waals surface area contributed by atoms with Crippen LogP contribution in [0.4, 0.5) is 4.79 Å². The Morgan fingerprint density at radius 1 is 1.00 bits per heavy atom. The summed E-state index contributed by atoms with van der Waals surface area (Å²) in [5, 5.41) is 10.1. The van der Waals surface area contributed by atoms with E-state index in [9.17, 15) is 27.6 Å². The summed E-state index contributed by atoms with van der Waals surface area (Å²) in [7, 11) is 0.171. The van der Waals surface area contributed by atoms with Gasteiger partial charge in [-0.2, -0.15) is 16.7 Å². The Morgan fingerprint density at radius 3 is 2.41 bits per heavy atom. The topological polar surface area (TPSA) is 249 Å². The summed E-state index contributed by atoms with van der Waals surface area (Å²) in [4.78, 5) is 52.4. The van der Waals surface area contributed by atoms with Gasteiger partial charge in [0.25, 0.3) is 5.56 Å². The third-order valence-electron chi connectivity index (χ3n) is 8.59. The van der Waals surface area contributed by atoms with E-state index in [1.54, 1.807) is 0 Å². The summed E-state index contributed by atoms with van der Waals surface area (Å²) in [5.74, 6) is 6.50. The van der Waals surface area contributed by atoms with Crippen LogP contribution in [0.15, 0.2) is 26.6 Å². The molecule has 0 spiro atoms. The zero-order chi connectivity index (χ0) is 37.1. The summed E-state index contributed by atoms with van der Waals surface area (Å²) in [6.45, 7) is 2.84. The Hall–Kier alpha value is -3.63. The standard InChI is InChI=1S/C30H50N10O9S2/c1-37-25-26(38(2)30(44)39(3)27(25)42)36-29(37)51(45,46)17-8-20(31)18-40(32)10-12-48-14-16-49-15-13-47-11-9-33-23(41)7-5-4-6-22-24-21(19-50-22)34-28(43)35-24/h18,21-22,24H,4-17,19,31-32H2,1-3H3,(H,33,41)(H2,34,35,43)/b20-18-/t21?,22-,24?/m0/s1. The first-order valence-electron chi connectivity index (χ1n) is 16.8. The Kier molecular flexibility index (Phi) is 14.8. The highest BCUT2D eigenvalue weighted by Crippen LogP contribution is 2.33. The van der Waals surface area contributed by atoms with Crippen LogP contribution < -0.4 is 38.8 Å². The molecule has 19 nitrogen and oxygen atoms in total. The molecule has 2 saturated heterocycles. The highest BCUT2D eigenvalue weighted by molar-refractivity contribution is 8.00. The van der Waals surface area contributed by atoms with E-state index in [4.69, 9.17) is 25.8 Å². The quantitative estimate of drug-likeness (QED) is 0.0378. The summed E-state index contributed by atoms with van der Waals surface area (Å²) in [6.07, 6.45) is 4.58. The second kappa shape index (κ2) is 18.7. The number of aryl methyl sites for hydroxylation is 2. The van der Waals surface area contributed by atoms with E-state index in [-0.39, 0.29) is 64.8 Å². The van der Waals surface area contributed by atoms with Crippen LogP contribution in [0.1, 0.15) is 32.1 Å². The zero-order valence-electron chi connectivity index (χ0n) is 29.3. The molecule has 0 aliphatic carbocycles. The number of imidazole rings is 1. The van der Waals surface area contributed by atoms with E-state index in [0.717, 1.165) is 34.1 Å². The third-order valence-corrected chi connectivity index (χ3v) is 11.8. The van der Waals surface area contributed by atoms with Crippen molar-refractivity contribution < 1.29 is 32.2 Å². The van der Waals surface area contributed by atoms with Crippen LogP contribution in [0.25, 0.3) is 11.2 Å². The zero-order valence-corrected chi connectivity index (χ0v) is 30.9. The third kappa shape index (κ3) is 10.9. The van der Waals surface area contributed by atoms with Crippen molar-refractivity contribution in [1.29, 1.82) is 0 Å². The molecule has 7 N–H and O–H groups in total. The molecule has 0 bridgehead atoms. The molecule has 21 heteroatoms. The van der Waals surface area contributed by atoms with E-state index in [0.29, 0.717) is 57.8 Å². The van der Waals surface area contributed by atoms with Gasteiger partial charge in [0.05, 0.1) is 64.0 Å². The van der Waals surface area contributed by atoms with Crippen molar-refractivity contribution in [2.75, 3.05) is 64.2 Å². The lowest BCUT2D eigenvalue weighted by Crippen LogP contribution is -2.37. The minimum atomic E-state index is -3.96. The Labute approximate surface area is 300 Å². The smallest absolute Gasteiger partial charge is 0.332 e. The number of nitrogens with one attached hydrogen (secondary N) is 3. The van der Waals surface area contributed by atoms with Crippen molar-refractivity contribution in [2.24, 2.45) is 32.7 Å². The van der Waals surface area contributed by atoms with Gasteiger partial charge in [-0.1, -0.05) is 6.42 Å². The van der Waals surface area contributed by atoms with E-state index >= 15 is 0 Å². The van der Waals surface area contributed by atoms with E-state index in [1.807, 2.05) is 11.8 Å². The maximum absolute atomic E-state index is 13.0. The predicted octanol–water partition coefficient (Wildman–Crippen LogP) is -2.00. The number of urea groups is 1. The van der Waals surface area contributed by atoms with Crippen LogP contribution in [-0.2, 0) is 50.0 Å². The van der Waals surface area contributed by atoms with E-state index < -0.39 is 21.1 Å². The van der Waals surface area contributed by atoms with Gasteiger partial charge in [-0.25, -0.2) is 23.8 Å². The number of fused-ring (bicyclic) bond motifs is 2. The van der Waals surface area contributed by atoms with Gasteiger partial charge in [0.15, 0.2) is 11.2 Å². The summed E-state index contributed by atoms with van der Waals surface area (Å²) in [6, 6.07) is 0.335. The number of thioether (sulfide) groups is 1. The molecule has 2 aliphatic rings. The van der Waals surface area contributed by atoms with Gasteiger partial charge >= 0.3 is 11.7 Å². The minimum absolute atomic E-state index is 0.00210. The second-order valence-corrected chi connectivity index (χ2v) is 15.7. The molecule has 0 aromatic carbocycles. The molecule has 51 heavy (non-hydrogen) atoms. The van der Waals surface area contributed by atoms with Gasteiger partial charge in [-0.3, -0.25) is 18.7 Å². The van der Waals surface area contributed by atoms with Crippen LogP contribution in [0.5, 0.6) is 0 Å². The molecule has 3 amide bonds. The lowest BCUT2D eigenvalue weighted by molar-refractivity contribution is -0.121. The normalized spacial score (nSPS) is 18.9. The molecular formula is C30H50N10O9S2. The monoisotopic (exact) mass is 758 g/mol. The Bertz CT molecular complexity index is 1780. The Morgan fingerprint density at radius 2 is 1.69 bits per heavy atom. The number of ether oxygens (including phenoxy) is 3. The molecule has 2 fully saturated rings.